The maximum atomic E-state index is 5.87. The molecule has 70 valence electrons. The first-order valence-corrected chi connectivity index (χ1v) is 5.77. The summed E-state index contributed by atoms with van der Waals surface area (Å²) in [5.41, 5.74) is 1.20. The van der Waals surface area contributed by atoms with Crippen molar-refractivity contribution in [3.05, 3.63) is 46.5 Å². The van der Waals surface area contributed by atoms with Crippen LogP contribution < -0.4 is 0 Å². The van der Waals surface area contributed by atoms with Crippen LogP contribution in [-0.4, -0.2) is 5.75 Å². The van der Waals surface area contributed by atoms with Crippen LogP contribution in [0.1, 0.15) is 5.56 Å². The minimum absolute atomic E-state index is 0.610. The molecule has 1 aromatic carbocycles. The van der Waals surface area contributed by atoms with Gasteiger partial charge in [0.05, 0.1) is 10.0 Å². The lowest BCUT2D eigenvalue weighted by atomic mass is 10.2. The van der Waals surface area contributed by atoms with Gasteiger partial charge in [0.2, 0.25) is 0 Å². The molecule has 0 unspecified atom stereocenters. The van der Waals surface area contributed by atoms with Crippen molar-refractivity contribution in [2.75, 3.05) is 5.75 Å². The predicted molar refractivity (Wildman–Crippen MR) is 62.8 cm³/mol. The van der Waals surface area contributed by atoms with Crippen LogP contribution in [0, 0.1) is 0 Å². The summed E-state index contributed by atoms with van der Waals surface area (Å²) in [5, 5.41) is 1.23. The smallest absolute Gasteiger partial charge is 0.0595 e. The second-order valence-corrected chi connectivity index (χ2v) is 4.40. The number of halogens is 2. The van der Waals surface area contributed by atoms with E-state index < -0.39 is 0 Å². The van der Waals surface area contributed by atoms with Gasteiger partial charge in [0.25, 0.3) is 0 Å². The topological polar surface area (TPSA) is 0 Å². The first-order chi connectivity index (χ1) is 6.24. The minimum Gasteiger partial charge on any atom is -0.153 e. The van der Waals surface area contributed by atoms with Gasteiger partial charge in [-0.05, 0) is 17.7 Å². The fourth-order valence-corrected chi connectivity index (χ4v) is 1.91. The van der Waals surface area contributed by atoms with Gasteiger partial charge < -0.3 is 0 Å². The Morgan fingerprint density at radius 2 is 2.08 bits per heavy atom. The van der Waals surface area contributed by atoms with Crippen molar-refractivity contribution in [1.82, 2.24) is 0 Å². The maximum Gasteiger partial charge on any atom is 0.0595 e. The van der Waals surface area contributed by atoms with E-state index in [4.69, 9.17) is 23.2 Å². The highest BCUT2D eigenvalue weighted by Crippen LogP contribution is 2.24. The average Bonchev–Trinajstić information content (AvgIpc) is 2.12. The molecule has 13 heavy (non-hydrogen) atoms. The summed E-state index contributed by atoms with van der Waals surface area (Å²) in [6, 6.07) is 5.72. The minimum atomic E-state index is 0.610. The largest absolute Gasteiger partial charge is 0.153 e. The third-order valence-electron chi connectivity index (χ3n) is 1.49. The lowest BCUT2D eigenvalue weighted by Gasteiger charge is -2.01. The Labute approximate surface area is 92.9 Å². The number of hydrogen-bond donors (Lipinski definition) is 0. The van der Waals surface area contributed by atoms with Crippen LogP contribution in [0.5, 0.6) is 0 Å². The lowest BCUT2D eigenvalue weighted by molar-refractivity contribution is 1.41. The molecule has 0 saturated heterocycles. The Morgan fingerprint density at radius 1 is 1.31 bits per heavy atom. The van der Waals surface area contributed by atoms with E-state index in [1.54, 1.807) is 11.8 Å². The van der Waals surface area contributed by atoms with Crippen molar-refractivity contribution in [2.24, 2.45) is 0 Å². The monoisotopic (exact) mass is 232 g/mol. The van der Waals surface area contributed by atoms with Gasteiger partial charge in [-0.3, -0.25) is 0 Å². The molecular weight excluding hydrogens is 223 g/mol. The second-order valence-electron chi connectivity index (χ2n) is 2.55. The Kier molecular flexibility index (Phi) is 4.71. The molecule has 0 aromatic heterocycles. The van der Waals surface area contributed by atoms with Gasteiger partial charge in [0.15, 0.2) is 0 Å². The van der Waals surface area contributed by atoms with Gasteiger partial charge >= 0.3 is 0 Å². The average molecular weight is 233 g/mol. The molecule has 0 fully saturated rings. The van der Waals surface area contributed by atoms with E-state index in [0.29, 0.717) is 10.0 Å². The molecule has 1 rings (SSSR count). The number of hydrogen-bond acceptors (Lipinski definition) is 1. The molecule has 0 N–H and O–H groups in total. The van der Waals surface area contributed by atoms with Crippen molar-refractivity contribution in [2.45, 2.75) is 5.75 Å². The molecule has 0 aliphatic rings. The van der Waals surface area contributed by atoms with Crippen molar-refractivity contribution in [3.63, 3.8) is 0 Å². The Morgan fingerprint density at radius 3 is 2.69 bits per heavy atom. The Hall–Kier alpha value is -0.110. The first-order valence-electron chi connectivity index (χ1n) is 3.86. The standard InChI is InChI=1S/C10H10Cl2S/c1-2-5-13-7-8-3-4-9(11)10(12)6-8/h2-4,6H,1,5,7H2. The van der Waals surface area contributed by atoms with Crippen LogP contribution in [0.15, 0.2) is 30.9 Å². The van der Waals surface area contributed by atoms with Crippen LogP contribution in [0.25, 0.3) is 0 Å². The highest BCUT2D eigenvalue weighted by Gasteiger charge is 1.98. The summed E-state index contributed by atoms with van der Waals surface area (Å²) in [6.07, 6.45) is 1.89. The van der Waals surface area contributed by atoms with Gasteiger partial charge in [0.1, 0.15) is 0 Å². The van der Waals surface area contributed by atoms with Gasteiger partial charge in [0, 0.05) is 11.5 Å². The molecule has 0 amide bonds. The lowest BCUT2D eigenvalue weighted by Crippen LogP contribution is -1.81. The summed E-state index contributed by atoms with van der Waals surface area (Å²) in [6.45, 7) is 3.66. The third-order valence-corrected chi connectivity index (χ3v) is 3.24. The molecule has 0 saturated carbocycles. The summed E-state index contributed by atoms with van der Waals surface area (Å²) >= 11 is 13.5. The van der Waals surface area contributed by atoms with E-state index >= 15 is 0 Å². The summed E-state index contributed by atoms with van der Waals surface area (Å²) in [7, 11) is 0. The zero-order valence-electron chi connectivity index (χ0n) is 7.09. The molecule has 3 heteroatoms. The number of rotatable bonds is 4. The summed E-state index contributed by atoms with van der Waals surface area (Å²) in [4.78, 5) is 0. The highest BCUT2D eigenvalue weighted by molar-refractivity contribution is 7.98. The molecule has 0 radical (unpaired) electrons. The van der Waals surface area contributed by atoms with Crippen LogP contribution in [-0.2, 0) is 5.75 Å². The van der Waals surface area contributed by atoms with E-state index in [-0.39, 0.29) is 0 Å². The van der Waals surface area contributed by atoms with Crippen LogP contribution in [0.2, 0.25) is 10.0 Å². The quantitative estimate of drug-likeness (QED) is 0.548. The first kappa shape index (κ1) is 11.0. The third kappa shape index (κ3) is 3.63. The van der Waals surface area contributed by atoms with E-state index in [1.807, 2.05) is 24.3 Å². The molecular formula is C10H10Cl2S. The van der Waals surface area contributed by atoms with E-state index in [9.17, 15) is 0 Å². The van der Waals surface area contributed by atoms with Crippen molar-refractivity contribution in [3.8, 4) is 0 Å². The predicted octanol–water partition coefficient (Wildman–Crippen LogP) is 4.41. The van der Waals surface area contributed by atoms with E-state index in [1.165, 1.54) is 5.56 Å². The normalized spacial score (nSPS) is 10.0. The van der Waals surface area contributed by atoms with E-state index in [0.717, 1.165) is 11.5 Å². The zero-order chi connectivity index (χ0) is 9.68. The number of thioether (sulfide) groups is 1. The maximum absolute atomic E-state index is 5.87. The Bertz CT molecular complexity index is 297. The molecule has 0 heterocycles. The SMILES string of the molecule is C=CCSCc1ccc(Cl)c(Cl)c1. The number of benzene rings is 1. The van der Waals surface area contributed by atoms with Crippen molar-refractivity contribution >= 4 is 35.0 Å². The van der Waals surface area contributed by atoms with Crippen LogP contribution in [0.3, 0.4) is 0 Å². The summed E-state index contributed by atoms with van der Waals surface area (Å²) < 4.78 is 0. The van der Waals surface area contributed by atoms with Gasteiger partial charge in [-0.25, -0.2) is 0 Å². The van der Waals surface area contributed by atoms with Gasteiger partial charge in [-0.1, -0.05) is 35.3 Å². The second kappa shape index (κ2) is 5.58. The molecule has 0 nitrogen and oxygen atoms in total. The molecule has 1 aromatic rings. The molecule has 0 atom stereocenters. The molecule has 0 spiro atoms. The molecule has 0 aliphatic heterocycles. The fraction of sp³-hybridized carbons (Fsp3) is 0.200. The Balaban J connectivity index is 2.57. The molecule has 0 aliphatic carbocycles. The van der Waals surface area contributed by atoms with Gasteiger partial charge in [-0.2, -0.15) is 11.8 Å². The van der Waals surface area contributed by atoms with Crippen molar-refractivity contribution < 1.29 is 0 Å². The van der Waals surface area contributed by atoms with Gasteiger partial charge in [-0.15, -0.1) is 6.58 Å². The van der Waals surface area contributed by atoms with E-state index in [2.05, 4.69) is 6.58 Å². The summed E-state index contributed by atoms with van der Waals surface area (Å²) in [5.74, 6) is 1.91. The zero-order valence-corrected chi connectivity index (χ0v) is 9.42. The highest BCUT2D eigenvalue weighted by atomic mass is 35.5. The van der Waals surface area contributed by atoms with Crippen molar-refractivity contribution in [1.29, 1.82) is 0 Å². The fourth-order valence-electron chi connectivity index (χ4n) is 0.890. The molecule has 0 bridgehead atoms. The van der Waals surface area contributed by atoms with Crippen LogP contribution in [0.4, 0.5) is 0 Å². The van der Waals surface area contributed by atoms with Crippen LogP contribution >= 0.6 is 35.0 Å².